The van der Waals surface area contributed by atoms with Crippen molar-refractivity contribution in [2.45, 2.75) is 65.6 Å². The molecule has 3 atom stereocenters. The van der Waals surface area contributed by atoms with Gasteiger partial charge in [0.15, 0.2) is 0 Å². The number of rotatable bonds is 7. The van der Waals surface area contributed by atoms with Crippen LogP contribution < -0.4 is 10.9 Å². The molecular formula is C28H37N3O4. The second-order valence-electron chi connectivity index (χ2n) is 10.3. The van der Waals surface area contributed by atoms with Crippen LogP contribution >= 0.6 is 0 Å². The van der Waals surface area contributed by atoms with E-state index in [1.165, 1.54) is 5.56 Å². The van der Waals surface area contributed by atoms with Gasteiger partial charge in [-0.3, -0.25) is 14.6 Å². The van der Waals surface area contributed by atoms with Crippen LogP contribution in [0.25, 0.3) is 0 Å². The number of carbonyl (C=O) groups excluding carboxylic acids is 1. The second-order valence-corrected chi connectivity index (χ2v) is 10.3. The fraction of sp³-hybridized carbons (Fsp3) is 0.536. The number of aliphatic imine (C=N–C) groups is 1. The van der Waals surface area contributed by atoms with E-state index < -0.39 is 0 Å². The van der Waals surface area contributed by atoms with Gasteiger partial charge in [0.1, 0.15) is 12.1 Å². The zero-order chi connectivity index (χ0) is 25.1. The average Bonchev–Trinajstić information content (AvgIpc) is 3.26. The topological polar surface area (TPSA) is 81.9 Å². The van der Waals surface area contributed by atoms with Gasteiger partial charge in [0.05, 0.1) is 24.6 Å². The number of nitrogens with one attached hydrogen (secondary N) is 1. The van der Waals surface area contributed by atoms with Gasteiger partial charge in [-0.05, 0) is 54.9 Å². The second kappa shape index (κ2) is 10.9. The van der Waals surface area contributed by atoms with Crippen LogP contribution in [0.15, 0.2) is 40.2 Å². The summed E-state index contributed by atoms with van der Waals surface area (Å²) in [5, 5.41) is 3.40. The molecule has 1 fully saturated rings. The maximum absolute atomic E-state index is 12.8. The summed E-state index contributed by atoms with van der Waals surface area (Å²) in [6, 6.07) is 7.93. The maximum atomic E-state index is 12.8. The number of ether oxygens (including phenoxy) is 2. The van der Waals surface area contributed by atoms with Gasteiger partial charge in [-0.1, -0.05) is 32.9 Å². The Labute approximate surface area is 207 Å². The number of aryl methyl sites for hydroxylation is 3. The number of fused-ring (bicyclic) bond motifs is 1. The number of carbonyl (C=O) groups is 1. The molecule has 0 amide bonds. The van der Waals surface area contributed by atoms with Gasteiger partial charge < -0.3 is 19.4 Å². The van der Waals surface area contributed by atoms with Crippen molar-refractivity contribution in [1.29, 1.82) is 0 Å². The molecule has 2 unspecified atom stereocenters. The highest BCUT2D eigenvalue weighted by Crippen LogP contribution is 2.30. The summed E-state index contributed by atoms with van der Waals surface area (Å²) in [6.45, 7) is 9.76. The number of aromatic nitrogens is 1. The fourth-order valence-electron chi connectivity index (χ4n) is 4.81. The van der Waals surface area contributed by atoms with Gasteiger partial charge in [0, 0.05) is 37.3 Å². The summed E-state index contributed by atoms with van der Waals surface area (Å²) >= 11 is 0. The zero-order valence-electron chi connectivity index (χ0n) is 21.5. The molecule has 188 valence electrons. The minimum absolute atomic E-state index is 0.0167. The molecule has 2 aliphatic rings. The minimum atomic E-state index is -0.387. The highest BCUT2D eigenvalue weighted by molar-refractivity contribution is 6.04. The first kappa shape index (κ1) is 25.3. The molecule has 0 spiro atoms. The number of benzene rings is 1. The quantitative estimate of drug-likeness (QED) is 0.610. The summed E-state index contributed by atoms with van der Waals surface area (Å²) in [5.41, 5.74) is 5.99. The SMILES string of the molecule is Cc1cc(C2=Nc3cc(CN[C@H](C(=O)OC4CCOC4)C(C)C)ccc3CCC2C)cn(C)c1=O. The van der Waals surface area contributed by atoms with Gasteiger partial charge >= 0.3 is 5.97 Å². The first-order valence-corrected chi connectivity index (χ1v) is 12.6. The van der Waals surface area contributed by atoms with E-state index in [0.29, 0.717) is 19.8 Å². The lowest BCUT2D eigenvalue weighted by atomic mass is 9.94. The van der Waals surface area contributed by atoms with Crippen LogP contribution in [-0.4, -0.2) is 41.6 Å². The van der Waals surface area contributed by atoms with E-state index in [0.717, 1.165) is 47.4 Å². The number of nitrogens with zero attached hydrogens (tertiary/aromatic N) is 2. The molecule has 7 heteroatoms. The molecule has 35 heavy (non-hydrogen) atoms. The lowest BCUT2D eigenvalue weighted by Crippen LogP contribution is -2.43. The van der Waals surface area contributed by atoms with Crippen molar-refractivity contribution in [1.82, 2.24) is 9.88 Å². The van der Waals surface area contributed by atoms with Gasteiger partial charge in [-0.25, -0.2) is 0 Å². The lowest BCUT2D eigenvalue weighted by molar-refractivity contribution is -0.152. The number of pyridine rings is 1. The van der Waals surface area contributed by atoms with Crippen LogP contribution in [0.4, 0.5) is 5.69 Å². The van der Waals surface area contributed by atoms with E-state index in [2.05, 4.69) is 30.4 Å². The van der Waals surface area contributed by atoms with E-state index >= 15 is 0 Å². The Morgan fingerprint density at radius 2 is 2.09 bits per heavy atom. The highest BCUT2D eigenvalue weighted by atomic mass is 16.6. The third-order valence-electron chi connectivity index (χ3n) is 6.98. The minimum Gasteiger partial charge on any atom is -0.459 e. The molecule has 1 saturated heterocycles. The van der Waals surface area contributed by atoms with Gasteiger partial charge in [-0.15, -0.1) is 0 Å². The van der Waals surface area contributed by atoms with Crippen LogP contribution in [0.2, 0.25) is 0 Å². The molecule has 4 rings (SSSR count). The molecule has 7 nitrogen and oxygen atoms in total. The van der Waals surface area contributed by atoms with Crippen molar-refractivity contribution in [3.8, 4) is 0 Å². The van der Waals surface area contributed by atoms with Gasteiger partial charge in [-0.2, -0.15) is 0 Å². The zero-order valence-corrected chi connectivity index (χ0v) is 21.5. The summed E-state index contributed by atoms with van der Waals surface area (Å²) in [5.74, 6) is 0.161. The molecule has 0 aliphatic carbocycles. The van der Waals surface area contributed by atoms with Crippen LogP contribution in [0, 0.1) is 18.8 Å². The molecule has 1 aromatic carbocycles. The van der Waals surface area contributed by atoms with Crippen LogP contribution in [0.3, 0.4) is 0 Å². The Bertz CT molecular complexity index is 1140. The van der Waals surface area contributed by atoms with E-state index in [-0.39, 0.29) is 35.5 Å². The predicted molar refractivity (Wildman–Crippen MR) is 137 cm³/mol. The molecule has 2 aromatic rings. The van der Waals surface area contributed by atoms with E-state index in [4.69, 9.17) is 14.5 Å². The van der Waals surface area contributed by atoms with E-state index in [1.807, 2.05) is 33.0 Å². The van der Waals surface area contributed by atoms with Crippen molar-refractivity contribution in [2.24, 2.45) is 23.9 Å². The van der Waals surface area contributed by atoms with Crippen LogP contribution in [0.5, 0.6) is 0 Å². The largest absolute Gasteiger partial charge is 0.459 e. The van der Waals surface area contributed by atoms with Crippen LogP contribution in [0.1, 0.15) is 55.9 Å². The Morgan fingerprint density at radius 3 is 2.77 bits per heavy atom. The first-order chi connectivity index (χ1) is 16.7. The van der Waals surface area contributed by atoms with Crippen LogP contribution in [-0.2, 0) is 34.3 Å². The van der Waals surface area contributed by atoms with Crippen molar-refractivity contribution < 1.29 is 14.3 Å². The Hall–Kier alpha value is -2.77. The lowest BCUT2D eigenvalue weighted by Gasteiger charge is -2.23. The average molecular weight is 480 g/mol. The number of hydrogen-bond acceptors (Lipinski definition) is 6. The molecule has 3 heterocycles. The first-order valence-electron chi connectivity index (χ1n) is 12.6. The highest BCUT2D eigenvalue weighted by Gasteiger charge is 2.28. The Balaban J connectivity index is 1.54. The van der Waals surface area contributed by atoms with E-state index in [1.54, 1.807) is 11.6 Å². The Kier molecular flexibility index (Phi) is 7.87. The predicted octanol–water partition coefficient (Wildman–Crippen LogP) is 3.84. The van der Waals surface area contributed by atoms with E-state index in [9.17, 15) is 9.59 Å². The normalized spacial score (nSPS) is 20.8. The van der Waals surface area contributed by atoms with Crippen molar-refractivity contribution in [3.63, 3.8) is 0 Å². The van der Waals surface area contributed by atoms with Gasteiger partial charge in [0.25, 0.3) is 5.56 Å². The van der Waals surface area contributed by atoms with Crippen molar-refractivity contribution >= 4 is 17.4 Å². The summed E-state index contributed by atoms with van der Waals surface area (Å²) in [4.78, 5) is 30.1. The fourth-order valence-corrected chi connectivity index (χ4v) is 4.81. The molecule has 2 aliphatic heterocycles. The molecule has 0 bridgehead atoms. The van der Waals surface area contributed by atoms with Crippen molar-refractivity contribution in [2.75, 3.05) is 13.2 Å². The smallest absolute Gasteiger partial charge is 0.323 e. The summed E-state index contributed by atoms with van der Waals surface area (Å²) in [7, 11) is 1.79. The van der Waals surface area contributed by atoms with Crippen molar-refractivity contribution in [3.05, 3.63) is 63.1 Å². The molecule has 1 N–H and O–H groups in total. The summed E-state index contributed by atoms with van der Waals surface area (Å²) in [6.07, 6.45) is 4.45. The maximum Gasteiger partial charge on any atom is 0.323 e. The standard InChI is InChI=1S/C28H37N3O4/c1-17(2)25(28(33)35-23-10-11-34-16-23)29-14-20-7-9-21-8-6-18(3)26(30-24(21)13-20)22-12-19(4)27(32)31(5)15-22/h7,9,12-13,15,17-18,23,25,29H,6,8,10-11,14,16H2,1-5H3/t18?,23?,25-/m0/s1. The summed E-state index contributed by atoms with van der Waals surface area (Å²) < 4.78 is 12.6. The molecule has 1 aromatic heterocycles. The molecule has 0 saturated carbocycles. The Morgan fingerprint density at radius 1 is 1.29 bits per heavy atom. The number of esters is 1. The number of hydrogen-bond donors (Lipinski definition) is 1. The third kappa shape index (κ3) is 5.90. The van der Waals surface area contributed by atoms with Gasteiger partial charge in [0.2, 0.25) is 0 Å². The monoisotopic (exact) mass is 479 g/mol. The molecular weight excluding hydrogens is 442 g/mol. The third-order valence-corrected chi connectivity index (χ3v) is 6.98. The molecule has 0 radical (unpaired) electrons.